The summed E-state index contributed by atoms with van der Waals surface area (Å²) in [7, 11) is 0. The first kappa shape index (κ1) is 32.3. The molecule has 0 radical (unpaired) electrons. The number of carbonyl (C=O) groups is 2. The summed E-state index contributed by atoms with van der Waals surface area (Å²) in [6.45, 7) is 12.2. The molecule has 0 saturated carbocycles. The minimum absolute atomic E-state index is 0.0302. The fourth-order valence-electron chi connectivity index (χ4n) is 5.69. The number of hydrogen-bond acceptors (Lipinski definition) is 10. The van der Waals surface area contributed by atoms with Crippen molar-refractivity contribution >= 4 is 34.8 Å². The molecule has 15 nitrogen and oxygen atoms in total. The second-order valence-electron chi connectivity index (χ2n) is 12.8. The number of nitrogens with two attached hydrogens (primary N) is 1. The molecule has 4 atom stereocenters. The SMILES string of the molecule is CC1(C)O[C@@H]2[C@H](O1)[C@@H](CN(CCCNC(=O)Nc1ccc(C(C)(C)C)cc1)CCNC(=O)O)O[C@H]2n1cnc2c(N)ncnc21. The smallest absolute Gasteiger partial charge is 0.404 e. The highest BCUT2D eigenvalue weighted by Gasteiger charge is 2.56. The number of hydrogen-bond donors (Lipinski definition) is 5. The highest BCUT2D eigenvalue weighted by Crippen LogP contribution is 2.44. The van der Waals surface area contributed by atoms with E-state index in [1.165, 1.54) is 11.9 Å². The highest BCUT2D eigenvalue weighted by molar-refractivity contribution is 5.89. The lowest BCUT2D eigenvalue weighted by atomic mass is 9.87. The van der Waals surface area contributed by atoms with Gasteiger partial charge in [-0.15, -0.1) is 0 Å². The highest BCUT2D eigenvalue weighted by atomic mass is 16.8. The van der Waals surface area contributed by atoms with Crippen LogP contribution in [0.4, 0.5) is 21.1 Å². The molecular weight excluding hydrogens is 582 g/mol. The number of imidazole rings is 1. The van der Waals surface area contributed by atoms with E-state index >= 15 is 0 Å². The number of amides is 3. The second-order valence-corrected chi connectivity index (χ2v) is 12.8. The standard InChI is InChI=1S/C30H43N9O6/c1-29(2,3)18-7-9-19(10-8-18)37-27(40)32-11-6-13-38(14-12-33-28(41)42)15-20-22-23(45-30(4,5)44-22)26(43-20)39-17-36-21-24(31)34-16-35-25(21)39/h7-10,16-17,20,22-23,26,33H,6,11-15H2,1-5H3,(H,41,42)(H2,31,34,35)(H2,32,37,40)/t20-,22-,23-,26-/m1/s1. The number of nitrogen functional groups attached to an aromatic ring is 1. The lowest BCUT2D eigenvalue weighted by Crippen LogP contribution is -2.44. The van der Waals surface area contributed by atoms with Gasteiger partial charge in [-0.05, 0) is 49.9 Å². The van der Waals surface area contributed by atoms with Crippen LogP contribution in [0, 0.1) is 0 Å². The van der Waals surface area contributed by atoms with E-state index in [1.54, 1.807) is 10.9 Å². The molecule has 2 aliphatic rings. The minimum Gasteiger partial charge on any atom is -0.465 e. The number of fused-ring (bicyclic) bond motifs is 2. The van der Waals surface area contributed by atoms with Gasteiger partial charge in [0.15, 0.2) is 23.5 Å². The fourth-order valence-corrected chi connectivity index (χ4v) is 5.69. The van der Waals surface area contributed by atoms with Crippen LogP contribution in [0.2, 0.25) is 0 Å². The van der Waals surface area contributed by atoms with Crippen LogP contribution in [0.25, 0.3) is 11.2 Å². The van der Waals surface area contributed by atoms with Crippen LogP contribution in [-0.2, 0) is 19.6 Å². The van der Waals surface area contributed by atoms with Gasteiger partial charge in [-0.2, -0.15) is 0 Å². The largest absolute Gasteiger partial charge is 0.465 e. The molecule has 1 aromatic carbocycles. The fraction of sp³-hybridized carbons (Fsp3) is 0.567. The molecular formula is C30H43N9O6. The van der Waals surface area contributed by atoms with Gasteiger partial charge in [0.2, 0.25) is 0 Å². The van der Waals surface area contributed by atoms with Crippen molar-refractivity contribution in [1.82, 2.24) is 35.1 Å². The summed E-state index contributed by atoms with van der Waals surface area (Å²) in [5.74, 6) is -0.563. The molecule has 2 aliphatic heterocycles. The average Bonchev–Trinajstić information content (AvgIpc) is 3.62. The van der Waals surface area contributed by atoms with Crippen LogP contribution in [0.15, 0.2) is 36.9 Å². The number of urea groups is 1. The number of carboxylic acid groups (broad SMARTS) is 1. The zero-order valence-electron chi connectivity index (χ0n) is 26.3. The summed E-state index contributed by atoms with van der Waals surface area (Å²) in [5, 5.41) is 17.3. The van der Waals surface area contributed by atoms with Gasteiger partial charge in [0.1, 0.15) is 30.2 Å². The van der Waals surface area contributed by atoms with E-state index in [2.05, 4.69) is 56.6 Å². The van der Waals surface area contributed by atoms with Crippen molar-refractivity contribution < 1.29 is 28.9 Å². The predicted octanol–water partition coefficient (Wildman–Crippen LogP) is 2.90. The van der Waals surface area contributed by atoms with Crippen molar-refractivity contribution in [3.8, 4) is 0 Å². The molecule has 2 fully saturated rings. The molecule has 45 heavy (non-hydrogen) atoms. The van der Waals surface area contributed by atoms with Gasteiger partial charge in [-0.1, -0.05) is 32.9 Å². The van der Waals surface area contributed by atoms with E-state index in [-0.39, 0.29) is 23.8 Å². The Morgan fingerprint density at radius 1 is 1.04 bits per heavy atom. The summed E-state index contributed by atoms with van der Waals surface area (Å²) in [4.78, 5) is 38.5. The van der Waals surface area contributed by atoms with Crippen molar-refractivity contribution in [3.05, 3.63) is 42.5 Å². The number of anilines is 2. The van der Waals surface area contributed by atoms with Crippen molar-refractivity contribution in [2.75, 3.05) is 43.8 Å². The molecule has 2 saturated heterocycles. The van der Waals surface area contributed by atoms with Gasteiger partial charge in [-0.3, -0.25) is 9.47 Å². The van der Waals surface area contributed by atoms with Crippen LogP contribution >= 0.6 is 0 Å². The van der Waals surface area contributed by atoms with Gasteiger partial charge in [0.05, 0.1) is 6.33 Å². The molecule has 3 aromatic rings. The average molecular weight is 626 g/mol. The Hall–Kier alpha value is -4.05. The zero-order chi connectivity index (χ0) is 32.4. The molecule has 0 aliphatic carbocycles. The first-order valence-electron chi connectivity index (χ1n) is 15.1. The minimum atomic E-state index is -1.09. The lowest BCUT2D eigenvalue weighted by molar-refractivity contribution is -0.198. The molecule has 244 valence electrons. The number of nitrogens with one attached hydrogen (secondary N) is 3. The van der Waals surface area contributed by atoms with E-state index in [4.69, 9.17) is 25.1 Å². The number of benzene rings is 1. The van der Waals surface area contributed by atoms with Crippen molar-refractivity contribution in [2.45, 2.75) is 76.8 Å². The monoisotopic (exact) mass is 625 g/mol. The van der Waals surface area contributed by atoms with Crippen molar-refractivity contribution in [3.63, 3.8) is 0 Å². The molecule has 0 bridgehead atoms. The number of aromatic nitrogens is 4. The maximum Gasteiger partial charge on any atom is 0.404 e. The van der Waals surface area contributed by atoms with Gasteiger partial charge in [-0.25, -0.2) is 24.5 Å². The molecule has 4 heterocycles. The number of carbonyl (C=O) groups excluding carboxylic acids is 1. The Bertz CT molecular complexity index is 1490. The van der Waals surface area contributed by atoms with E-state index in [0.717, 1.165) is 0 Å². The molecule has 15 heteroatoms. The van der Waals surface area contributed by atoms with Gasteiger partial charge in [0.25, 0.3) is 0 Å². The first-order valence-corrected chi connectivity index (χ1v) is 15.1. The summed E-state index contributed by atoms with van der Waals surface area (Å²) in [6, 6.07) is 7.52. The van der Waals surface area contributed by atoms with Crippen molar-refractivity contribution in [2.24, 2.45) is 0 Å². The Balaban J connectivity index is 1.21. The molecule has 2 aromatic heterocycles. The molecule has 0 spiro atoms. The van der Waals surface area contributed by atoms with Crippen LogP contribution in [0.1, 0.15) is 52.8 Å². The maximum absolute atomic E-state index is 12.5. The third-order valence-electron chi connectivity index (χ3n) is 7.87. The summed E-state index contributed by atoms with van der Waals surface area (Å²) in [6.07, 6.45) is 0.689. The van der Waals surface area contributed by atoms with E-state index in [9.17, 15) is 9.59 Å². The zero-order valence-corrected chi connectivity index (χ0v) is 26.3. The predicted molar refractivity (Wildman–Crippen MR) is 167 cm³/mol. The molecule has 5 rings (SSSR count). The summed E-state index contributed by atoms with van der Waals surface area (Å²) < 4.78 is 20.9. The lowest BCUT2D eigenvalue weighted by Gasteiger charge is -2.29. The van der Waals surface area contributed by atoms with Gasteiger partial charge >= 0.3 is 12.1 Å². The number of rotatable bonds is 11. The normalized spacial score (nSPS) is 22.4. The second kappa shape index (κ2) is 13.1. The Labute approximate surface area is 261 Å². The van der Waals surface area contributed by atoms with E-state index in [0.29, 0.717) is 49.5 Å². The van der Waals surface area contributed by atoms with E-state index in [1.807, 2.05) is 38.1 Å². The maximum atomic E-state index is 12.5. The third-order valence-corrected chi connectivity index (χ3v) is 7.87. The van der Waals surface area contributed by atoms with Gasteiger partial charge in [0, 0.05) is 31.9 Å². The van der Waals surface area contributed by atoms with Crippen LogP contribution in [-0.4, -0.2) is 98.5 Å². The van der Waals surface area contributed by atoms with Gasteiger partial charge < -0.3 is 41.0 Å². The Morgan fingerprint density at radius 2 is 1.78 bits per heavy atom. The molecule has 6 N–H and O–H groups in total. The van der Waals surface area contributed by atoms with Crippen LogP contribution in [0.3, 0.4) is 0 Å². The summed E-state index contributed by atoms with van der Waals surface area (Å²) >= 11 is 0. The van der Waals surface area contributed by atoms with Crippen molar-refractivity contribution in [1.29, 1.82) is 0 Å². The Kier molecular flexibility index (Phi) is 9.44. The molecule has 0 unspecified atom stereocenters. The van der Waals surface area contributed by atoms with Crippen LogP contribution < -0.4 is 21.7 Å². The van der Waals surface area contributed by atoms with Crippen LogP contribution in [0.5, 0.6) is 0 Å². The quantitative estimate of drug-likeness (QED) is 0.197. The third kappa shape index (κ3) is 7.79. The van der Waals surface area contributed by atoms with E-state index < -0.39 is 36.4 Å². The Morgan fingerprint density at radius 3 is 2.49 bits per heavy atom. The first-order chi connectivity index (χ1) is 21.3. The molecule has 3 amide bonds. The summed E-state index contributed by atoms with van der Waals surface area (Å²) in [5.41, 5.74) is 8.93. The number of nitrogens with zero attached hydrogens (tertiary/aromatic N) is 5. The topological polar surface area (TPSA) is 191 Å². The number of ether oxygens (including phenoxy) is 3.